The van der Waals surface area contributed by atoms with E-state index in [4.69, 9.17) is 17.3 Å². The first kappa shape index (κ1) is 16.8. The van der Waals surface area contributed by atoms with E-state index < -0.39 is 0 Å². The first-order chi connectivity index (χ1) is 9.76. The maximum Gasteiger partial charge on any atom is 0.0409 e. The van der Waals surface area contributed by atoms with Gasteiger partial charge < -0.3 is 5.73 Å². The number of benzene rings is 1. The van der Waals surface area contributed by atoms with E-state index >= 15 is 0 Å². The van der Waals surface area contributed by atoms with E-state index in [0.29, 0.717) is 5.41 Å². The van der Waals surface area contributed by atoms with Crippen LogP contribution in [0.3, 0.4) is 0 Å². The number of hydrogen-bond donors (Lipinski definition) is 1. The minimum absolute atomic E-state index is 0.101. The van der Waals surface area contributed by atoms with E-state index in [0.717, 1.165) is 30.5 Å². The molecule has 0 aromatic heterocycles. The van der Waals surface area contributed by atoms with Crippen molar-refractivity contribution >= 4 is 11.6 Å². The van der Waals surface area contributed by atoms with Crippen LogP contribution in [0.15, 0.2) is 24.3 Å². The summed E-state index contributed by atoms with van der Waals surface area (Å²) in [7, 11) is 2.21. The first-order valence-corrected chi connectivity index (χ1v) is 8.30. The van der Waals surface area contributed by atoms with Crippen LogP contribution in [0.5, 0.6) is 0 Å². The third-order valence-electron chi connectivity index (χ3n) is 4.94. The predicted octanol–water partition coefficient (Wildman–Crippen LogP) is 4.32. The van der Waals surface area contributed by atoms with Crippen molar-refractivity contribution in [1.82, 2.24) is 4.90 Å². The SMILES string of the molecule is CC1CC(C)(C)CC(CN)(N(C)Cc2cccc(Cl)c2)C1. The number of likely N-dealkylation sites (N-methyl/N-ethyl adjacent to an activating group) is 1. The topological polar surface area (TPSA) is 29.3 Å². The highest BCUT2D eigenvalue weighted by Crippen LogP contribution is 2.46. The van der Waals surface area contributed by atoms with Gasteiger partial charge in [-0.1, -0.05) is 44.5 Å². The van der Waals surface area contributed by atoms with Crippen LogP contribution in [0.25, 0.3) is 0 Å². The molecule has 0 aliphatic heterocycles. The van der Waals surface area contributed by atoms with Gasteiger partial charge in [0.05, 0.1) is 0 Å². The van der Waals surface area contributed by atoms with Crippen LogP contribution >= 0.6 is 11.6 Å². The molecule has 21 heavy (non-hydrogen) atoms. The number of nitrogens with two attached hydrogens (primary N) is 1. The second-order valence-corrected chi connectivity index (χ2v) is 8.21. The Kier molecular flexibility index (Phi) is 5.02. The van der Waals surface area contributed by atoms with Crippen molar-refractivity contribution in [3.05, 3.63) is 34.9 Å². The molecule has 1 aliphatic rings. The van der Waals surface area contributed by atoms with Gasteiger partial charge in [-0.05, 0) is 55.3 Å². The molecule has 2 atom stereocenters. The quantitative estimate of drug-likeness (QED) is 0.897. The third kappa shape index (κ3) is 4.00. The van der Waals surface area contributed by atoms with Crippen LogP contribution in [-0.4, -0.2) is 24.0 Å². The van der Waals surface area contributed by atoms with Crippen molar-refractivity contribution in [1.29, 1.82) is 0 Å². The molecule has 0 saturated heterocycles. The average Bonchev–Trinajstić information content (AvgIpc) is 2.36. The normalized spacial score (nSPS) is 28.8. The standard InChI is InChI=1S/C18H29ClN2/c1-14-9-17(2,3)12-18(10-14,13-20)21(4)11-15-6-5-7-16(19)8-15/h5-8,14H,9-13,20H2,1-4H3. The summed E-state index contributed by atoms with van der Waals surface area (Å²) in [4.78, 5) is 2.45. The summed E-state index contributed by atoms with van der Waals surface area (Å²) in [6.45, 7) is 8.73. The second-order valence-electron chi connectivity index (χ2n) is 7.77. The fourth-order valence-electron chi connectivity index (χ4n) is 4.38. The van der Waals surface area contributed by atoms with Gasteiger partial charge in [-0.25, -0.2) is 0 Å². The molecule has 1 fully saturated rings. The minimum atomic E-state index is 0.101. The lowest BCUT2D eigenvalue weighted by molar-refractivity contribution is -0.00113. The first-order valence-electron chi connectivity index (χ1n) is 7.92. The Morgan fingerprint density at radius 3 is 2.62 bits per heavy atom. The number of hydrogen-bond acceptors (Lipinski definition) is 2. The fourth-order valence-corrected chi connectivity index (χ4v) is 4.59. The van der Waals surface area contributed by atoms with Gasteiger partial charge in [0, 0.05) is 23.7 Å². The summed E-state index contributed by atoms with van der Waals surface area (Å²) in [5, 5.41) is 0.806. The van der Waals surface area contributed by atoms with Gasteiger partial charge in [0.1, 0.15) is 0 Å². The Bertz CT molecular complexity index is 486. The zero-order valence-corrected chi connectivity index (χ0v) is 14.6. The molecule has 2 nitrogen and oxygen atoms in total. The third-order valence-corrected chi connectivity index (χ3v) is 5.17. The Morgan fingerprint density at radius 1 is 1.33 bits per heavy atom. The monoisotopic (exact) mass is 308 g/mol. The van der Waals surface area contributed by atoms with Crippen LogP contribution in [0.1, 0.15) is 45.6 Å². The molecule has 0 heterocycles. The van der Waals surface area contributed by atoms with Gasteiger partial charge in [-0.2, -0.15) is 0 Å². The highest BCUT2D eigenvalue weighted by Gasteiger charge is 2.44. The van der Waals surface area contributed by atoms with E-state index in [-0.39, 0.29) is 5.54 Å². The summed E-state index contributed by atoms with van der Waals surface area (Å²) in [6, 6.07) is 8.15. The summed E-state index contributed by atoms with van der Waals surface area (Å²) in [6.07, 6.45) is 3.64. The summed E-state index contributed by atoms with van der Waals surface area (Å²) in [5.41, 5.74) is 7.96. The molecule has 0 spiro atoms. The molecular weight excluding hydrogens is 280 g/mol. The van der Waals surface area contributed by atoms with Gasteiger partial charge in [-0.15, -0.1) is 0 Å². The molecule has 2 N–H and O–H groups in total. The van der Waals surface area contributed by atoms with Gasteiger partial charge >= 0.3 is 0 Å². The summed E-state index contributed by atoms with van der Waals surface area (Å²) < 4.78 is 0. The molecule has 1 aromatic carbocycles. The van der Waals surface area contributed by atoms with Crippen LogP contribution in [-0.2, 0) is 6.54 Å². The molecule has 2 unspecified atom stereocenters. The molecule has 2 rings (SSSR count). The molecule has 1 saturated carbocycles. The van der Waals surface area contributed by atoms with Crippen LogP contribution < -0.4 is 5.73 Å². The van der Waals surface area contributed by atoms with E-state index in [1.165, 1.54) is 18.4 Å². The predicted molar refractivity (Wildman–Crippen MR) is 91.5 cm³/mol. The largest absolute Gasteiger partial charge is 0.329 e. The van der Waals surface area contributed by atoms with Gasteiger partial charge in [0.2, 0.25) is 0 Å². The zero-order chi connectivity index (χ0) is 15.7. The summed E-state index contributed by atoms with van der Waals surface area (Å²) in [5.74, 6) is 0.721. The maximum absolute atomic E-state index is 6.24. The molecule has 0 radical (unpaired) electrons. The number of rotatable bonds is 4. The maximum atomic E-state index is 6.24. The fraction of sp³-hybridized carbons (Fsp3) is 0.667. The van der Waals surface area contributed by atoms with E-state index in [1.807, 2.05) is 12.1 Å². The van der Waals surface area contributed by atoms with Crippen LogP contribution in [0.4, 0.5) is 0 Å². The van der Waals surface area contributed by atoms with Crippen LogP contribution in [0.2, 0.25) is 5.02 Å². The van der Waals surface area contributed by atoms with Gasteiger partial charge in [0.25, 0.3) is 0 Å². The van der Waals surface area contributed by atoms with E-state index in [1.54, 1.807) is 0 Å². The lowest BCUT2D eigenvalue weighted by Gasteiger charge is -2.52. The smallest absolute Gasteiger partial charge is 0.0409 e. The van der Waals surface area contributed by atoms with Crippen molar-refractivity contribution < 1.29 is 0 Å². The Labute approximate surface area is 134 Å². The Balaban J connectivity index is 2.19. The van der Waals surface area contributed by atoms with E-state index in [9.17, 15) is 0 Å². The Hall–Kier alpha value is -0.570. The van der Waals surface area contributed by atoms with Crippen molar-refractivity contribution in [2.75, 3.05) is 13.6 Å². The molecule has 3 heteroatoms. The molecule has 0 bridgehead atoms. The highest BCUT2D eigenvalue weighted by atomic mass is 35.5. The van der Waals surface area contributed by atoms with Crippen molar-refractivity contribution in [3.8, 4) is 0 Å². The minimum Gasteiger partial charge on any atom is -0.329 e. The van der Waals surface area contributed by atoms with Crippen LogP contribution in [0, 0.1) is 11.3 Å². The van der Waals surface area contributed by atoms with Crippen molar-refractivity contribution in [3.63, 3.8) is 0 Å². The lowest BCUT2D eigenvalue weighted by atomic mass is 9.63. The summed E-state index contributed by atoms with van der Waals surface area (Å²) >= 11 is 6.11. The zero-order valence-electron chi connectivity index (χ0n) is 13.8. The molecule has 118 valence electrons. The van der Waals surface area contributed by atoms with Gasteiger partial charge in [0.15, 0.2) is 0 Å². The van der Waals surface area contributed by atoms with Gasteiger partial charge in [-0.3, -0.25) is 4.90 Å². The Morgan fingerprint density at radius 2 is 2.05 bits per heavy atom. The average molecular weight is 309 g/mol. The lowest BCUT2D eigenvalue weighted by Crippen LogP contribution is -2.57. The molecule has 1 aromatic rings. The molecule has 0 amide bonds. The van der Waals surface area contributed by atoms with E-state index in [2.05, 4.69) is 44.9 Å². The number of nitrogens with zero attached hydrogens (tertiary/aromatic N) is 1. The van der Waals surface area contributed by atoms with Crippen molar-refractivity contribution in [2.24, 2.45) is 17.1 Å². The van der Waals surface area contributed by atoms with Crippen molar-refractivity contribution in [2.45, 2.75) is 52.1 Å². The molecular formula is C18H29ClN2. The highest BCUT2D eigenvalue weighted by molar-refractivity contribution is 6.30. The molecule has 1 aliphatic carbocycles. The second kappa shape index (κ2) is 6.28. The number of halogens is 1.